The van der Waals surface area contributed by atoms with E-state index in [9.17, 15) is 22.4 Å². The highest BCUT2D eigenvalue weighted by Crippen LogP contribution is 2.34. The van der Waals surface area contributed by atoms with Crippen LogP contribution in [0.15, 0.2) is 24.5 Å². The van der Waals surface area contributed by atoms with Crippen LogP contribution >= 0.6 is 0 Å². The van der Waals surface area contributed by atoms with E-state index < -0.39 is 23.5 Å². The molecular weight excluding hydrogens is 328 g/mol. The summed E-state index contributed by atoms with van der Waals surface area (Å²) in [6.07, 6.45) is -1.30. The second-order valence-electron chi connectivity index (χ2n) is 5.57. The van der Waals surface area contributed by atoms with E-state index in [2.05, 4.69) is 15.2 Å². The number of aromatic nitrogens is 3. The molecule has 24 heavy (non-hydrogen) atoms. The van der Waals surface area contributed by atoms with Crippen molar-refractivity contribution in [3.05, 3.63) is 47.3 Å². The second kappa shape index (κ2) is 6.21. The first-order valence-corrected chi connectivity index (χ1v) is 7.41. The molecule has 3 rings (SSSR count). The number of halogens is 4. The standard InChI is InChI=1S/C15H14F4N4O/c16-11-5-4-9(7-10(11)15(17,18)19)14(24)23-6-2-1-3-12(23)13-20-8-21-22-13/h4-5,7-8,12H,1-3,6H2,(H,20,21,22)/t12-/m1/s1. The molecule has 5 nitrogen and oxygen atoms in total. The number of carbonyl (C=O) groups excluding carboxylic acids is 1. The minimum absolute atomic E-state index is 0.199. The topological polar surface area (TPSA) is 61.9 Å². The lowest BCUT2D eigenvalue weighted by molar-refractivity contribution is -0.140. The number of amides is 1. The van der Waals surface area contributed by atoms with E-state index in [1.807, 2.05) is 0 Å². The molecule has 1 atom stereocenters. The van der Waals surface area contributed by atoms with E-state index in [1.54, 1.807) is 0 Å². The maximum absolute atomic E-state index is 13.4. The minimum Gasteiger partial charge on any atom is -0.328 e. The fourth-order valence-corrected chi connectivity index (χ4v) is 2.88. The average molecular weight is 342 g/mol. The van der Waals surface area contributed by atoms with Crippen LogP contribution in [0.4, 0.5) is 17.6 Å². The van der Waals surface area contributed by atoms with E-state index in [4.69, 9.17) is 0 Å². The SMILES string of the molecule is O=C(c1ccc(F)c(C(F)(F)F)c1)N1CCCC[C@@H]1c1ncn[nH]1. The van der Waals surface area contributed by atoms with Crippen molar-refractivity contribution < 1.29 is 22.4 Å². The van der Waals surface area contributed by atoms with Crippen LogP contribution in [0.25, 0.3) is 0 Å². The van der Waals surface area contributed by atoms with Crippen LogP contribution in [0.1, 0.15) is 47.1 Å². The molecule has 1 aliphatic rings. The van der Waals surface area contributed by atoms with E-state index in [0.29, 0.717) is 30.9 Å². The summed E-state index contributed by atoms with van der Waals surface area (Å²) in [6.45, 7) is 0.392. The number of benzene rings is 1. The molecule has 128 valence electrons. The molecule has 0 unspecified atom stereocenters. The van der Waals surface area contributed by atoms with Crippen molar-refractivity contribution in [2.24, 2.45) is 0 Å². The van der Waals surface area contributed by atoms with Crippen molar-refractivity contribution in [3.8, 4) is 0 Å². The molecule has 2 aromatic rings. The predicted molar refractivity (Wildman–Crippen MR) is 75.4 cm³/mol. The van der Waals surface area contributed by atoms with Gasteiger partial charge in [0, 0.05) is 12.1 Å². The highest BCUT2D eigenvalue weighted by atomic mass is 19.4. The zero-order valence-electron chi connectivity index (χ0n) is 12.5. The summed E-state index contributed by atoms with van der Waals surface area (Å²) < 4.78 is 51.9. The van der Waals surface area contributed by atoms with Gasteiger partial charge in [0.1, 0.15) is 18.0 Å². The van der Waals surface area contributed by atoms with E-state index in [0.717, 1.165) is 18.9 Å². The van der Waals surface area contributed by atoms with Gasteiger partial charge < -0.3 is 4.90 Å². The molecule has 1 saturated heterocycles. The molecule has 1 N–H and O–H groups in total. The van der Waals surface area contributed by atoms with E-state index in [-0.39, 0.29) is 11.6 Å². The zero-order chi connectivity index (χ0) is 17.3. The van der Waals surface area contributed by atoms with Crippen molar-refractivity contribution in [2.45, 2.75) is 31.5 Å². The van der Waals surface area contributed by atoms with Crippen molar-refractivity contribution in [3.63, 3.8) is 0 Å². The largest absolute Gasteiger partial charge is 0.419 e. The minimum atomic E-state index is -4.85. The normalized spacial score (nSPS) is 18.7. The third-order valence-electron chi connectivity index (χ3n) is 4.03. The summed E-state index contributed by atoms with van der Waals surface area (Å²) in [7, 11) is 0. The molecular formula is C15H14F4N4O. The summed E-state index contributed by atoms with van der Waals surface area (Å²) in [5, 5.41) is 6.44. The number of H-pyrrole nitrogens is 1. The van der Waals surface area contributed by atoms with Gasteiger partial charge in [0.05, 0.1) is 11.6 Å². The highest BCUT2D eigenvalue weighted by molar-refractivity contribution is 5.94. The Bertz CT molecular complexity index is 730. The monoisotopic (exact) mass is 342 g/mol. The number of rotatable bonds is 2. The van der Waals surface area contributed by atoms with Crippen LogP contribution < -0.4 is 0 Å². The number of hydrogen-bond donors (Lipinski definition) is 1. The van der Waals surface area contributed by atoms with Crippen LogP contribution in [-0.2, 0) is 6.18 Å². The number of likely N-dealkylation sites (tertiary alicyclic amines) is 1. The Morgan fingerprint density at radius 2 is 2.08 bits per heavy atom. The predicted octanol–water partition coefficient (Wildman–Crippen LogP) is 3.33. The Labute approximate surface area is 134 Å². The Hall–Kier alpha value is -2.45. The summed E-state index contributed by atoms with van der Waals surface area (Å²) in [5.41, 5.74) is -1.64. The molecule has 0 aliphatic carbocycles. The second-order valence-corrected chi connectivity index (χ2v) is 5.57. The van der Waals surface area contributed by atoms with Crippen LogP contribution in [-0.4, -0.2) is 32.5 Å². The third kappa shape index (κ3) is 3.10. The van der Waals surface area contributed by atoms with Crippen LogP contribution in [0.2, 0.25) is 0 Å². The Balaban J connectivity index is 1.93. The summed E-state index contributed by atoms with van der Waals surface area (Å²) >= 11 is 0. The molecule has 1 fully saturated rings. The van der Waals surface area contributed by atoms with Gasteiger partial charge in [0.15, 0.2) is 0 Å². The lowest BCUT2D eigenvalue weighted by atomic mass is 9.99. The summed E-state index contributed by atoms with van der Waals surface area (Å²) in [5.74, 6) is -1.49. The quantitative estimate of drug-likeness (QED) is 0.852. The Morgan fingerprint density at radius 1 is 1.29 bits per heavy atom. The number of nitrogens with one attached hydrogen (secondary N) is 1. The third-order valence-corrected chi connectivity index (χ3v) is 4.03. The lowest BCUT2D eigenvalue weighted by Gasteiger charge is -2.34. The number of nitrogens with zero attached hydrogens (tertiary/aromatic N) is 3. The lowest BCUT2D eigenvalue weighted by Crippen LogP contribution is -2.39. The molecule has 0 spiro atoms. The first-order chi connectivity index (χ1) is 11.4. The van der Waals surface area contributed by atoms with Gasteiger partial charge in [-0.3, -0.25) is 9.89 Å². The van der Waals surface area contributed by atoms with Gasteiger partial charge in [0.2, 0.25) is 0 Å². The smallest absolute Gasteiger partial charge is 0.328 e. The Morgan fingerprint density at radius 3 is 2.75 bits per heavy atom. The van der Waals surface area contributed by atoms with Crippen molar-refractivity contribution in [2.75, 3.05) is 6.54 Å². The van der Waals surface area contributed by atoms with Gasteiger partial charge in [-0.1, -0.05) is 0 Å². The summed E-state index contributed by atoms with van der Waals surface area (Å²) in [6, 6.07) is 1.92. The number of carbonyl (C=O) groups is 1. The molecule has 1 aromatic heterocycles. The molecule has 2 heterocycles. The zero-order valence-corrected chi connectivity index (χ0v) is 12.5. The highest BCUT2D eigenvalue weighted by Gasteiger charge is 2.36. The van der Waals surface area contributed by atoms with Crippen molar-refractivity contribution in [1.82, 2.24) is 20.1 Å². The van der Waals surface area contributed by atoms with Crippen LogP contribution in [0, 0.1) is 5.82 Å². The van der Waals surface area contributed by atoms with Gasteiger partial charge in [0.25, 0.3) is 5.91 Å². The van der Waals surface area contributed by atoms with Crippen molar-refractivity contribution >= 4 is 5.91 Å². The first kappa shape index (κ1) is 16.4. The van der Waals surface area contributed by atoms with Crippen LogP contribution in [0.5, 0.6) is 0 Å². The Kier molecular flexibility index (Phi) is 4.25. The van der Waals surface area contributed by atoms with E-state index >= 15 is 0 Å². The fourth-order valence-electron chi connectivity index (χ4n) is 2.88. The molecule has 0 saturated carbocycles. The van der Waals surface area contributed by atoms with Gasteiger partial charge >= 0.3 is 6.18 Å². The molecule has 1 amide bonds. The fraction of sp³-hybridized carbons (Fsp3) is 0.400. The number of alkyl halides is 3. The van der Waals surface area contributed by atoms with Crippen LogP contribution in [0.3, 0.4) is 0 Å². The average Bonchev–Trinajstić information content (AvgIpc) is 3.08. The number of piperidine rings is 1. The van der Waals surface area contributed by atoms with Gasteiger partial charge in [-0.2, -0.15) is 18.3 Å². The first-order valence-electron chi connectivity index (χ1n) is 7.41. The molecule has 1 aromatic carbocycles. The van der Waals surface area contributed by atoms with E-state index in [1.165, 1.54) is 11.2 Å². The summed E-state index contributed by atoms with van der Waals surface area (Å²) in [4.78, 5) is 18.2. The van der Waals surface area contributed by atoms with Gasteiger partial charge in [-0.25, -0.2) is 9.37 Å². The molecule has 9 heteroatoms. The molecule has 1 aliphatic heterocycles. The maximum Gasteiger partial charge on any atom is 0.419 e. The number of hydrogen-bond acceptors (Lipinski definition) is 3. The maximum atomic E-state index is 13.4. The molecule has 0 bridgehead atoms. The van der Waals surface area contributed by atoms with Gasteiger partial charge in [-0.15, -0.1) is 0 Å². The number of aromatic amines is 1. The molecule has 0 radical (unpaired) electrons. The van der Waals surface area contributed by atoms with Gasteiger partial charge in [-0.05, 0) is 37.5 Å². The van der Waals surface area contributed by atoms with Crippen molar-refractivity contribution in [1.29, 1.82) is 0 Å².